The molecule has 0 saturated carbocycles. The molecular formula is C13H20N2O2. The average molecular weight is 236 g/mol. The number of nitrogen functional groups attached to an aromatic ring is 1. The molecule has 0 bridgehead atoms. The number of aryl methyl sites for hydroxylation is 1. The van der Waals surface area contributed by atoms with Gasteiger partial charge in [0.2, 0.25) is 0 Å². The lowest BCUT2D eigenvalue weighted by atomic mass is 10.1. The van der Waals surface area contributed by atoms with E-state index in [0.717, 1.165) is 18.8 Å². The SMILES string of the molecule is COC1CN(c2ccc(N)cc2C)CC1OC. The third-order valence-electron chi connectivity index (χ3n) is 3.38. The lowest BCUT2D eigenvalue weighted by molar-refractivity contribution is -0.00461. The molecule has 0 radical (unpaired) electrons. The molecule has 1 aliphatic heterocycles. The molecule has 1 aromatic carbocycles. The van der Waals surface area contributed by atoms with Crippen molar-refractivity contribution in [3.63, 3.8) is 0 Å². The molecule has 0 amide bonds. The van der Waals surface area contributed by atoms with Crippen molar-refractivity contribution in [1.82, 2.24) is 0 Å². The van der Waals surface area contributed by atoms with E-state index in [1.54, 1.807) is 14.2 Å². The molecule has 0 aromatic heterocycles. The molecule has 2 unspecified atom stereocenters. The Morgan fingerprint density at radius 3 is 2.24 bits per heavy atom. The first-order valence-corrected chi connectivity index (χ1v) is 5.82. The molecule has 2 atom stereocenters. The summed E-state index contributed by atoms with van der Waals surface area (Å²) in [4.78, 5) is 2.29. The smallest absolute Gasteiger partial charge is 0.102 e. The standard InChI is InChI=1S/C13H20N2O2/c1-9-6-10(14)4-5-11(9)15-7-12(16-2)13(8-15)17-3/h4-6,12-13H,7-8,14H2,1-3H3. The van der Waals surface area contributed by atoms with Gasteiger partial charge in [-0.1, -0.05) is 0 Å². The average Bonchev–Trinajstić information content (AvgIpc) is 2.72. The first-order chi connectivity index (χ1) is 8.15. The van der Waals surface area contributed by atoms with E-state index in [1.165, 1.54) is 11.3 Å². The van der Waals surface area contributed by atoms with Crippen molar-refractivity contribution in [2.45, 2.75) is 19.1 Å². The lowest BCUT2D eigenvalue weighted by Gasteiger charge is -2.20. The van der Waals surface area contributed by atoms with Crippen LogP contribution in [0.15, 0.2) is 18.2 Å². The van der Waals surface area contributed by atoms with Gasteiger partial charge >= 0.3 is 0 Å². The third kappa shape index (κ3) is 2.37. The van der Waals surface area contributed by atoms with Gasteiger partial charge in [-0.25, -0.2) is 0 Å². The molecule has 2 N–H and O–H groups in total. The largest absolute Gasteiger partial charge is 0.399 e. The predicted molar refractivity (Wildman–Crippen MR) is 69.4 cm³/mol. The first-order valence-electron chi connectivity index (χ1n) is 5.82. The van der Waals surface area contributed by atoms with Crippen LogP contribution in [0, 0.1) is 6.92 Å². The Morgan fingerprint density at radius 2 is 1.76 bits per heavy atom. The summed E-state index contributed by atoms with van der Waals surface area (Å²) in [7, 11) is 3.46. The fourth-order valence-electron chi connectivity index (χ4n) is 2.43. The van der Waals surface area contributed by atoms with Crippen molar-refractivity contribution in [3.8, 4) is 0 Å². The highest BCUT2D eigenvalue weighted by Gasteiger charge is 2.33. The highest BCUT2D eigenvalue weighted by atomic mass is 16.5. The molecule has 2 rings (SSSR count). The maximum Gasteiger partial charge on any atom is 0.102 e. The van der Waals surface area contributed by atoms with Crippen LogP contribution in [-0.2, 0) is 9.47 Å². The van der Waals surface area contributed by atoms with Crippen LogP contribution in [0.2, 0.25) is 0 Å². The molecular weight excluding hydrogens is 216 g/mol. The minimum absolute atomic E-state index is 0.136. The molecule has 1 saturated heterocycles. The van der Waals surface area contributed by atoms with Gasteiger partial charge in [0, 0.05) is 38.7 Å². The van der Waals surface area contributed by atoms with Crippen LogP contribution >= 0.6 is 0 Å². The van der Waals surface area contributed by atoms with E-state index < -0.39 is 0 Å². The Labute approximate surface area is 102 Å². The Bertz CT molecular complexity index is 383. The molecule has 0 aliphatic carbocycles. The van der Waals surface area contributed by atoms with Gasteiger partial charge in [0.05, 0.1) is 0 Å². The molecule has 1 aromatic rings. The van der Waals surface area contributed by atoms with Gasteiger partial charge in [-0.2, -0.15) is 0 Å². The molecule has 0 spiro atoms. The lowest BCUT2D eigenvalue weighted by Crippen LogP contribution is -2.27. The fourth-order valence-corrected chi connectivity index (χ4v) is 2.43. The second-order valence-electron chi connectivity index (χ2n) is 4.50. The van der Waals surface area contributed by atoms with E-state index in [0.29, 0.717) is 0 Å². The zero-order valence-corrected chi connectivity index (χ0v) is 10.6. The van der Waals surface area contributed by atoms with Crippen LogP contribution in [0.5, 0.6) is 0 Å². The number of rotatable bonds is 3. The number of nitrogens with two attached hydrogens (primary N) is 1. The van der Waals surface area contributed by atoms with E-state index >= 15 is 0 Å². The topological polar surface area (TPSA) is 47.7 Å². The quantitative estimate of drug-likeness (QED) is 0.806. The van der Waals surface area contributed by atoms with Crippen LogP contribution in [0.1, 0.15) is 5.56 Å². The van der Waals surface area contributed by atoms with Crippen LogP contribution in [-0.4, -0.2) is 39.5 Å². The van der Waals surface area contributed by atoms with Crippen molar-refractivity contribution in [3.05, 3.63) is 23.8 Å². The maximum atomic E-state index is 5.77. The van der Waals surface area contributed by atoms with Crippen molar-refractivity contribution < 1.29 is 9.47 Å². The van der Waals surface area contributed by atoms with Crippen molar-refractivity contribution in [2.75, 3.05) is 37.9 Å². The van der Waals surface area contributed by atoms with E-state index in [-0.39, 0.29) is 12.2 Å². The highest BCUT2D eigenvalue weighted by molar-refractivity contribution is 5.60. The number of nitrogens with zero attached hydrogens (tertiary/aromatic N) is 1. The zero-order valence-electron chi connectivity index (χ0n) is 10.6. The van der Waals surface area contributed by atoms with Crippen molar-refractivity contribution in [2.24, 2.45) is 0 Å². The van der Waals surface area contributed by atoms with Crippen LogP contribution in [0.25, 0.3) is 0 Å². The number of hydrogen-bond acceptors (Lipinski definition) is 4. The number of benzene rings is 1. The number of methoxy groups -OCH3 is 2. The maximum absolute atomic E-state index is 5.77. The number of anilines is 2. The van der Waals surface area contributed by atoms with Gasteiger partial charge in [0.1, 0.15) is 12.2 Å². The van der Waals surface area contributed by atoms with E-state index in [9.17, 15) is 0 Å². The predicted octanol–water partition coefficient (Wildman–Crippen LogP) is 1.43. The minimum atomic E-state index is 0.136. The summed E-state index contributed by atoms with van der Waals surface area (Å²) >= 11 is 0. The Kier molecular flexibility index (Phi) is 3.54. The van der Waals surface area contributed by atoms with E-state index in [4.69, 9.17) is 15.2 Å². The summed E-state index contributed by atoms with van der Waals surface area (Å²) < 4.78 is 10.9. The van der Waals surface area contributed by atoms with Gasteiger partial charge in [0.15, 0.2) is 0 Å². The highest BCUT2D eigenvalue weighted by Crippen LogP contribution is 2.27. The van der Waals surface area contributed by atoms with Crippen LogP contribution in [0.3, 0.4) is 0 Å². The van der Waals surface area contributed by atoms with Gasteiger partial charge in [-0.15, -0.1) is 0 Å². The van der Waals surface area contributed by atoms with E-state index in [2.05, 4.69) is 17.9 Å². The molecule has 1 aliphatic rings. The van der Waals surface area contributed by atoms with Crippen LogP contribution < -0.4 is 10.6 Å². The Morgan fingerprint density at radius 1 is 1.18 bits per heavy atom. The fraction of sp³-hybridized carbons (Fsp3) is 0.538. The summed E-state index contributed by atoms with van der Waals surface area (Å²) in [6, 6.07) is 6.00. The summed E-state index contributed by atoms with van der Waals surface area (Å²) in [6.07, 6.45) is 0.272. The van der Waals surface area contributed by atoms with Crippen molar-refractivity contribution in [1.29, 1.82) is 0 Å². The van der Waals surface area contributed by atoms with Gasteiger partial charge in [-0.05, 0) is 30.7 Å². The Hall–Kier alpha value is -1.26. The number of ether oxygens (including phenoxy) is 2. The summed E-state index contributed by atoms with van der Waals surface area (Å²) in [5.41, 5.74) is 8.97. The second kappa shape index (κ2) is 4.94. The Balaban J connectivity index is 2.19. The molecule has 17 heavy (non-hydrogen) atoms. The summed E-state index contributed by atoms with van der Waals surface area (Å²) in [5, 5.41) is 0. The van der Waals surface area contributed by atoms with Crippen molar-refractivity contribution >= 4 is 11.4 Å². The molecule has 4 heteroatoms. The molecule has 1 fully saturated rings. The zero-order chi connectivity index (χ0) is 12.4. The van der Waals surface area contributed by atoms with Crippen LogP contribution in [0.4, 0.5) is 11.4 Å². The monoisotopic (exact) mass is 236 g/mol. The first kappa shape index (κ1) is 12.2. The molecule has 94 valence electrons. The molecule has 1 heterocycles. The normalized spacial score (nSPS) is 24.3. The minimum Gasteiger partial charge on any atom is -0.399 e. The number of hydrogen-bond donors (Lipinski definition) is 1. The second-order valence-corrected chi connectivity index (χ2v) is 4.50. The summed E-state index contributed by atoms with van der Waals surface area (Å²) in [5.74, 6) is 0. The van der Waals surface area contributed by atoms with Gasteiger partial charge in [-0.3, -0.25) is 0 Å². The third-order valence-corrected chi connectivity index (χ3v) is 3.38. The van der Waals surface area contributed by atoms with E-state index in [1.807, 2.05) is 12.1 Å². The van der Waals surface area contributed by atoms with Gasteiger partial charge < -0.3 is 20.1 Å². The molecule has 4 nitrogen and oxygen atoms in total. The van der Waals surface area contributed by atoms with Gasteiger partial charge in [0.25, 0.3) is 0 Å². The summed E-state index contributed by atoms with van der Waals surface area (Å²) in [6.45, 7) is 3.80.